The first kappa shape index (κ1) is 25.8. The Morgan fingerprint density at radius 3 is 2.38 bits per heavy atom. The number of nitriles is 1. The summed E-state index contributed by atoms with van der Waals surface area (Å²) in [5, 5.41) is 12.9. The Morgan fingerprint density at radius 1 is 1.03 bits per heavy atom. The first-order valence-corrected chi connectivity index (χ1v) is 12.2. The number of hydrogen-bond donors (Lipinski definition) is 1. The number of aromatic nitrogens is 3. The van der Waals surface area contributed by atoms with Gasteiger partial charge in [0.05, 0.1) is 30.9 Å². The molecule has 0 aliphatic carbocycles. The van der Waals surface area contributed by atoms with Crippen LogP contribution >= 0.6 is 11.6 Å². The molecule has 0 saturated carbocycles. The number of ether oxygens (including phenoxy) is 3. The zero-order chi connectivity index (χ0) is 27.5. The van der Waals surface area contributed by atoms with Crippen molar-refractivity contribution in [3.8, 4) is 29.2 Å². The number of hydrogen-bond acceptors (Lipinski definition) is 7. The lowest BCUT2D eigenvalue weighted by Crippen LogP contribution is -2.05. The second-order valence-corrected chi connectivity index (χ2v) is 9.11. The number of fused-ring (bicyclic) bond motifs is 1. The number of halogens is 2. The van der Waals surface area contributed by atoms with Gasteiger partial charge in [0.1, 0.15) is 16.9 Å². The third-order valence-corrected chi connectivity index (χ3v) is 6.24. The molecule has 5 rings (SSSR count). The van der Waals surface area contributed by atoms with Crippen molar-refractivity contribution in [3.63, 3.8) is 0 Å². The van der Waals surface area contributed by atoms with Gasteiger partial charge < -0.3 is 24.1 Å². The minimum atomic E-state index is -0.364. The van der Waals surface area contributed by atoms with Crippen LogP contribution in [-0.4, -0.2) is 28.8 Å². The lowest BCUT2D eigenvalue weighted by atomic mass is 10.1. The number of aryl methyl sites for hydroxylation is 1. The highest BCUT2D eigenvalue weighted by Crippen LogP contribution is 2.43. The van der Waals surface area contributed by atoms with Gasteiger partial charge in [-0.15, -0.1) is 0 Å². The summed E-state index contributed by atoms with van der Waals surface area (Å²) in [6.07, 6.45) is 1.77. The second kappa shape index (κ2) is 10.9. The molecule has 5 aromatic rings. The topological polar surface area (TPSA) is 94.2 Å². The Hall–Kier alpha value is -4.81. The molecule has 39 heavy (non-hydrogen) atoms. The van der Waals surface area contributed by atoms with Crippen molar-refractivity contribution < 1.29 is 18.6 Å². The van der Waals surface area contributed by atoms with Crippen molar-refractivity contribution in [2.75, 3.05) is 19.5 Å². The Balaban J connectivity index is 1.68. The fourth-order valence-corrected chi connectivity index (χ4v) is 4.43. The van der Waals surface area contributed by atoms with Gasteiger partial charge in [-0.25, -0.2) is 9.37 Å². The van der Waals surface area contributed by atoms with Crippen molar-refractivity contribution >= 4 is 34.3 Å². The molecule has 0 radical (unpaired) electrons. The minimum absolute atomic E-state index is 0.172. The molecule has 0 atom stereocenters. The molecule has 0 aliphatic heterocycles. The molecular formula is C29H23ClFN5O3. The van der Waals surface area contributed by atoms with E-state index in [0.717, 1.165) is 11.1 Å². The molecule has 8 nitrogen and oxygen atoms in total. The van der Waals surface area contributed by atoms with Gasteiger partial charge in [-0.3, -0.25) is 0 Å². The molecule has 1 N–H and O–H groups in total. The van der Waals surface area contributed by atoms with E-state index in [1.165, 1.54) is 26.4 Å². The van der Waals surface area contributed by atoms with E-state index in [2.05, 4.69) is 27.4 Å². The van der Waals surface area contributed by atoms with Gasteiger partial charge in [0.15, 0.2) is 11.5 Å². The van der Waals surface area contributed by atoms with Crippen LogP contribution in [0.25, 0.3) is 11.0 Å². The van der Waals surface area contributed by atoms with Crippen LogP contribution in [0.15, 0.2) is 66.9 Å². The molecule has 0 amide bonds. The van der Waals surface area contributed by atoms with Gasteiger partial charge in [-0.2, -0.15) is 10.2 Å². The summed E-state index contributed by atoms with van der Waals surface area (Å²) in [5.74, 6) is 0.793. The molecule has 0 bridgehead atoms. The molecule has 196 valence electrons. The summed E-state index contributed by atoms with van der Waals surface area (Å²) >= 11 is 6.67. The first-order chi connectivity index (χ1) is 18.9. The summed E-state index contributed by atoms with van der Waals surface area (Å²) in [5.41, 5.74) is 4.08. The maximum absolute atomic E-state index is 13.5. The Kier molecular flexibility index (Phi) is 7.21. The summed E-state index contributed by atoms with van der Waals surface area (Å²) in [6, 6.07) is 19.1. The van der Waals surface area contributed by atoms with Crippen LogP contribution in [0.4, 0.5) is 16.0 Å². The van der Waals surface area contributed by atoms with Crippen molar-refractivity contribution in [1.29, 1.82) is 5.26 Å². The van der Waals surface area contributed by atoms with Crippen LogP contribution in [0.3, 0.4) is 0 Å². The fraction of sp³-hybridized carbons (Fsp3) is 0.138. The van der Waals surface area contributed by atoms with Crippen LogP contribution in [-0.2, 0) is 6.54 Å². The summed E-state index contributed by atoms with van der Waals surface area (Å²) in [6.45, 7) is 2.51. The highest BCUT2D eigenvalue weighted by atomic mass is 35.5. The van der Waals surface area contributed by atoms with Gasteiger partial charge in [0.25, 0.3) is 0 Å². The van der Waals surface area contributed by atoms with Gasteiger partial charge in [-0.05, 0) is 36.8 Å². The summed E-state index contributed by atoms with van der Waals surface area (Å²) in [7, 11) is 2.94. The molecule has 0 aliphatic rings. The van der Waals surface area contributed by atoms with Crippen LogP contribution in [0.1, 0.15) is 16.7 Å². The predicted octanol–water partition coefficient (Wildman–Crippen LogP) is 7.01. The lowest BCUT2D eigenvalue weighted by molar-refractivity contribution is 0.343. The first-order valence-electron chi connectivity index (χ1n) is 11.9. The van der Waals surface area contributed by atoms with Crippen molar-refractivity contribution in [3.05, 3.63) is 94.4 Å². The molecule has 3 aromatic carbocycles. The van der Waals surface area contributed by atoms with Crippen molar-refractivity contribution in [2.24, 2.45) is 0 Å². The summed E-state index contributed by atoms with van der Waals surface area (Å²) < 4.78 is 32.7. The molecule has 0 spiro atoms. The van der Waals surface area contributed by atoms with E-state index in [1.807, 2.05) is 29.7 Å². The van der Waals surface area contributed by atoms with Gasteiger partial charge in [0, 0.05) is 30.6 Å². The quantitative estimate of drug-likeness (QED) is 0.225. The standard InChI is InChI=1S/C29H23ClFN5O3/c1-17-5-4-6-18(11-17)15-36-16-22(30)25-26(36)28(35-29(34-25)33-21-9-7-20(31)8-10-21)39-27-23(37-2)12-19(14-32)13-24(27)38-3/h4-13,16H,15H2,1-3H3,(H,33,34,35). The van der Waals surface area contributed by atoms with E-state index in [0.29, 0.717) is 33.9 Å². The molecule has 0 unspecified atom stereocenters. The maximum Gasteiger partial charge on any atom is 0.249 e. The SMILES string of the molecule is COc1cc(C#N)cc(OC)c1Oc1nc(Nc2ccc(F)cc2)nc2c(Cl)cn(Cc3cccc(C)c3)c12. The number of anilines is 2. The predicted molar refractivity (Wildman–Crippen MR) is 147 cm³/mol. The highest BCUT2D eigenvalue weighted by molar-refractivity contribution is 6.35. The Morgan fingerprint density at radius 2 is 1.74 bits per heavy atom. The number of nitrogens with zero attached hydrogens (tertiary/aromatic N) is 4. The van der Waals surface area contributed by atoms with E-state index in [4.69, 9.17) is 25.8 Å². The monoisotopic (exact) mass is 543 g/mol. The number of methoxy groups -OCH3 is 2. The zero-order valence-corrected chi connectivity index (χ0v) is 22.1. The molecular weight excluding hydrogens is 521 g/mol. The van der Waals surface area contributed by atoms with Crippen molar-refractivity contribution in [2.45, 2.75) is 13.5 Å². The molecule has 0 fully saturated rings. The van der Waals surface area contributed by atoms with E-state index in [-0.39, 0.29) is 34.9 Å². The van der Waals surface area contributed by atoms with Crippen LogP contribution in [0.5, 0.6) is 23.1 Å². The van der Waals surface area contributed by atoms with Gasteiger partial charge >= 0.3 is 0 Å². The number of benzene rings is 3. The van der Waals surface area contributed by atoms with Crippen LogP contribution < -0.4 is 19.5 Å². The molecule has 10 heteroatoms. The van der Waals surface area contributed by atoms with Crippen LogP contribution in [0.2, 0.25) is 5.02 Å². The smallest absolute Gasteiger partial charge is 0.249 e. The molecule has 2 heterocycles. The number of rotatable bonds is 8. The van der Waals surface area contributed by atoms with Gasteiger partial charge in [0.2, 0.25) is 17.6 Å². The molecule has 0 saturated heterocycles. The Labute approximate surface area is 229 Å². The third-order valence-electron chi connectivity index (χ3n) is 5.96. The zero-order valence-electron chi connectivity index (χ0n) is 21.3. The van der Waals surface area contributed by atoms with E-state index >= 15 is 0 Å². The number of nitrogens with one attached hydrogen (secondary N) is 1. The normalized spacial score (nSPS) is 10.8. The largest absolute Gasteiger partial charge is 0.493 e. The van der Waals surface area contributed by atoms with E-state index < -0.39 is 0 Å². The third kappa shape index (κ3) is 5.42. The lowest BCUT2D eigenvalue weighted by Gasteiger charge is -2.16. The second-order valence-electron chi connectivity index (χ2n) is 8.70. The highest BCUT2D eigenvalue weighted by Gasteiger charge is 2.22. The molecule has 2 aromatic heterocycles. The van der Waals surface area contributed by atoms with E-state index in [1.54, 1.807) is 30.5 Å². The fourth-order valence-electron chi connectivity index (χ4n) is 4.19. The average molecular weight is 544 g/mol. The van der Waals surface area contributed by atoms with E-state index in [9.17, 15) is 9.65 Å². The minimum Gasteiger partial charge on any atom is -0.493 e. The van der Waals surface area contributed by atoms with Gasteiger partial charge in [-0.1, -0.05) is 41.4 Å². The maximum atomic E-state index is 13.5. The summed E-state index contributed by atoms with van der Waals surface area (Å²) in [4.78, 5) is 9.28. The Bertz CT molecular complexity index is 1690. The van der Waals surface area contributed by atoms with Crippen molar-refractivity contribution in [1.82, 2.24) is 14.5 Å². The van der Waals surface area contributed by atoms with Crippen LogP contribution in [0, 0.1) is 24.1 Å². The average Bonchev–Trinajstić information content (AvgIpc) is 3.24.